The van der Waals surface area contributed by atoms with Crippen molar-refractivity contribution < 1.29 is 9.59 Å². The van der Waals surface area contributed by atoms with Crippen LogP contribution in [0.5, 0.6) is 0 Å². The number of hydrogen-bond donors (Lipinski definition) is 3. The summed E-state index contributed by atoms with van der Waals surface area (Å²) in [6.07, 6.45) is 10.3. The van der Waals surface area contributed by atoms with Crippen LogP contribution in [0.3, 0.4) is 0 Å². The van der Waals surface area contributed by atoms with Crippen molar-refractivity contribution in [1.82, 2.24) is 5.32 Å². The fraction of sp³-hybridized carbons (Fsp3) is 0.214. The van der Waals surface area contributed by atoms with E-state index in [1.807, 2.05) is 69.3 Å². The van der Waals surface area contributed by atoms with Gasteiger partial charge in [0.15, 0.2) is 0 Å². The monoisotopic (exact) mass is 445 g/mol. The van der Waals surface area contributed by atoms with Gasteiger partial charge in [-0.15, -0.1) is 0 Å². The zero-order chi connectivity index (χ0) is 24.5. The van der Waals surface area contributed by atoms with Crippen LogP contribution < -0.4 is 16.4 Å². The van der Waals surface area contributed by atoms with E-state index in [1.165, 1.54) is 6.08 Å². The number of nitrogens with one attached hydrogen (secondary N) is 2. The summed E-state index contributed by atoms with van der Waals surface area (Å²) in [6, 6.07) is 16.4. The molecule has 0 aromatic heterocycles. The molecule has 0 saturated carbocycles. The Morgan fingerprint density at radius 2 is 1.70 bits per heavy atom. The van der Waals surface area contributed by atoms with Gasteiger partial charge in [-0.1, -0.05) is 82.0 Å². The molecule has 2 amide bonds. The van der Waals surface area contributed by atoms with Crippen LogP contribution in [0.1, 0.15) is 49.5 Å². The van der Waals surface area contributed by atoms with Crippen LogP contribution >= 0.6 is 0 Å². The first kappa shape index (κ1) is 27.2. The smallest absolute Gasteiger partial charge is 0.251 e. The van der Waals surface area contributed by atoms with Crippen LogP contribution in [0.2, 0.25) is 0 Å². The van der Waals surface area contributed by atoms with Crippen LogP contribution in [-0.4, -0.2) is 11.8 Å². The summed E-state index contributed by atoms with van der Waals surface area (Å²) >= 11 is 0. The van der Waals surface area contributed by atoms with Crippen molar-refractivity contribution in [2.75, 3.05) is 5.32 Å². The lowest BCUT2D eigenvalue weighted by molar-refractivity contribution is -0.112. The molecule has 0 unspecified atom stereocenters. The number of hydrogen-bond acceptors (Lipinski definition) is 3. The minimum atomic E-state index is -0.323. The molecule has 0 aliphatic heterocycles. The zero-order valence-electron chi connectivity index (χ0n) is 19.8. The van der Waals surface area contributed by atoms with Gasteiger partial charge in [-0.05, 0) is 41.8 Å². The molecule has 33 heavy (non-hydrogen) atoms. The topological polar surface area (TPSA) is 84.2 Å². The summed E-state index contributed by atoms with van der Waals surface area (Å²) in [7, 11) is 0. The molecule has 0 spiro atoms. The van der Waals surface area contributed by atoms with E-state index in [-0.39, 0.29) is 11.8 Å². The molecule has 2 rings (SSSR count). The molecule has 0 atom stereocenters. The number of rotatable bonds is 10. The van der Waals surface area contributed by atoms with Crippen molar-refractivity contribution in [1.29, 1.82) is 0 Å². The Bertz CT molecular complexity index is 972. The molecule has 0 heterocycles. The van der Waals surface area contributed by atoms with Gasteiger partial charge in [0.1, 0.15) is 0 Å². The first-order chi connectivity index (χ1) is 16.0. The zero-order valence-corrected chi connectivity index (χ0v) is 19.8. The molecule has 0 bridgehead atoms. The second-order valence-corrected chi connectivity index (χ2v) is 6.92. The summed E-state index contributed by atoms with van der Waals surface area (Å²) in [4.78, 5) is 24.5. The highest BCUT2D eigenvalue weighted by Crippen LogP contribution is 2.12. The van der Waals surface area contributed by atoms with Crippen LogP contribution in [0.25, 0.3) is 0 Å². The SMILES string of the molecule is C=C/C=C(\C=C/CC)C/C(N)=C/C(=O)Nc1ccc(C(=O)NCc2ccccc2)cc1.CC. The number of amides is 2. The second kappa shape index (κ2) is 15.9. The summed E-state index contributed by atoms with van der Waals surface area (Å²) in [6.45, 7) is 10.2. The standard InChI is InChI=1S/C26H29N3O2.C2H6/c1-3-5-10-20(9-4-2)17-23(27)18-25(30)29-24-15-13-22(14-16-24)26(31)28-19-21-11-7-6-8-12-21;1-2/h4-16,18H,2-3,17,19,27H2,1H3,(H,28,31)(H,29,30);1-2H3/b10-5-,20-9+,23-18-;. The third-order valence-corrected chi connectivity index (χ3v) is 4.33. The molecule has 2 aromatic rings. The molecule has 0 aliphatic carbocycles. The lowest BCUT2D eigenvalue weighted by atomic mass is 10.1. The predicted molar refractivity (Wildman–Crippen MR) is 139 cm³/mol. The minimum absolute atomic E-state index is 0.174. The Morgan fingerprint density at radius 3 is 2.30 bits per heavy atom. The first-order valence-corrected chi connectivity index (χ1v) is 11.2. The fourth-order valence-corrected chi connectivity index (χ4v) is 2.81. The second-order valence-electron chi connectivity index (χ2n) is 6.92. The van der Waals surface area contributed by atoms with Crippen molar-refractivity contribution in [3.05, 3.63) is 114 Å². The predicted octanol–water partition coefficient (Wildman–Crippen LogP) is 5.89. The molecule has 0 radical (unpaired) electrons. The van der Waals surface area contributed by atoms with E-state index in [9.17, 15) is 9.59 Å². The van der Waals surface area contributed by atoms with Gasteiger partial charge in [0, 0.05) is 36.0 Å². The van der Waals surface area contributed by atoms with Gasteiger partial charge in [0.25, 0.3) is 5.91 Å². The third-order valence-electron chi connectivity index (χ3n) is 4.33. The van der Waals surface area contributed by atoms with Crippen LogP contribution in [0.4, 0.5) is 5.69 Å². The molecule has 0 aliphatic rings. The van der Waals surface area contributed by atoms with Gasteiger partial charge >= 0.3 is 0 Å². The van der Waals surface area contributed by atoms with Gasteiger partial charge < -0.3 is 16.4 Å². The normalized spacial score (nSPS) is 11.4. The Kier molecular flexibility index (Phi) is 13.1. The van der Waals surface area contributed by atoms with E-state index in [0.717, 1.165) is 17.6 Å². The Morgan fingerprint density at radius 1 is 1.03 bits per heavy atom. The minimum Gasteiger partial charge on any atom is -0.402 e. The van der Waals surface area contributed by atoms with Crippen molar-refractivity contribution in [2.24, 2.45) is 5.73 Å². The van der Waals surface area contributed by atoms with Crippen molar-refractivity contribution in [3.8, 4) is 0 Å². The molecule has 174 valence electrons. The molecular weight excluding hydrogens is 410 g/mol. The van der Waals surface area contributed by atoms with Crippen LogP contribution in [0, 0.1) is 0 Å². The molecule has 0 saturated heterocycles. The van der Waals surface area contributed by atoms with Gasteiger partial charge in [0.05, 0.1) is 0 Å². The Hall–Kier alpha value is -3.86. The van der Waals surface area contributed by atoms with E-state index in [2.05, 4.69) is 17.2 Å². The fourth-order valence-electron chi connectivity index (χ4n) is 2.81. The molecular formula is C28H35N3O2. The van der Waals surface area contributed by atoms with Gasteiger partial charge in [-0.25, -0.2) is 0 Å². The summed E-state index contributed by atoms with van der Waals surface area (Å²) < 4.78 is 0. The summed E-state index contributed by atoms with van der Waals surface area (Å²) in [5, 5.41) is 5.63. The first-order valence-electron chi connectivity index (χ1n) is 11.2. The highest BCUT2D eigenvalue weighted by Gasteiger charge is 2.07. The van der Waals surface area contributed by atoms with Gasteiger partial charge in [-0.2, -0.15) is 0 Å². The van der Waals surface area contributed by atoms with Crippen molar-refractivity contribution in [3.63, 3.8) is 0 Å². The number of carbonyl (C=O) groups excluding carboxylic acids is 2. The number of carbonyl (C=O) groups is 2. The maximum absolute atomic E-state index is 12.3. The van der Waals surface area contributed by atoms with E-state index >= 15 is 0 Å². The Labute approximate surface area is 197 Å². The van der Waals surface area contributed by atoms with E-state index in [4.69, 9.17) is 5.73 Å². The number of anilines is 1. The molecule has 4 N–H and O–H groups in total. The van der Waals surface area contributed by atoms with Crippen LogP contribution in [-0.2, 0) is 11.3 Å². The van der Waals surface area contributed by atoms with Gasteiger partial charge in [-0.3, -0.25) is 9.59 Å². The molecule has 5 nitrogen and oxygen atoms in total. The summed E-state index contributed by atoms with van der Waals surface area (Å²) in [5.74, 6) is -0.497. The molecule has 0 fully saturated rings. The number of allylic oxidation sites excluding steroid dienone is 5. The van der Waals surface area contributed by atoms with Crippen LogP contribution in [0.15, 0.2) is 103 Å². The van der Waals surface area contributed by atoms with E-state index < -0.39 is 0 Å². The lowest BCUT2D eigenvalue weighted by Crippen LogP contribution is -2.22. The molecule has 2 aromatic carbocycles. The largest absolute Gasteiger partial charge is 0.402 e. The van der Waals surface area contributed by atoms with Crippen molar-refractivity contribution >= 4 is 17.5 Å². The quantitative estimate of drug-likeness (QED) is 0.315. The maximum Gasteiger partial charge on any atom is 0.251 e. The third kappa shape index (κ3) is 10.8. The Balaban J connectivity index is 0.00000265. The number of benzene rings is 2. The molecule has 5 heteroatoms. The van der Waals surface area contributed by atoms with E-state index in [0.29, 0.717) is 29.9 Å². The van der Waals surface area contributed by atoms with Gasteiger partial charge in [0.2, 0.25) is 5.91 Å². The van der Waals surface area contributed by atoms with E-state index in [1.54, 1.807) is 30.3 Å². The maximum atomic E-state index is 12.3. The van der Waals surface area contributed by atoms with Crippen molar-refractivity contribution in [2.45, 2.75) is 40.2 Å². The average molecular weight is 446 g/mol. The highest BCUT2D eigenvalue weighted by molar-refractivity contribution is 6.00. The highest BCUT2D eigenvalue weighted by atomic mass is 16.2. The summed E-state index contributed by atoms with van der Waals surface area (Å²) in [5.41, 5.74) is 9.57. The lowest BCUT2D eigenvalue weighted by Gasteiger charge is -2.07. The number of nitrogens with two attached hydrogens (primary N) is 1. The average Bonchev–Trinajstić information content (AvgIpc) is 2.83.